The van der Waals surface area contributed by atoms with E-state index in [0.29, 0.717) is 17.0 Å². The average Bonchev–Trinajstić information content (AvgIpc) is 2.19. The van der Waals surface area contributed by atoms with Crippen LogP contribution < -0.4 is 5.32 Å². The predicted molar refractivity (Wildman–Crippen MR) is 56.9 cm³/mol. The van der Waals surface area contributed by atoms with Gasteiger partial charge in [0, 0.05) is 7.05 Å². The molecular formula is C11H13FN2. The standard InChI is InChI=1S/C11H13FN2/c1-4-14-11(13-3)9-7-5-6-8(2)10(9)12/h4-7H,1H2,2-3H3,(H,13,14). The summed E-state index contributed by atoms with van der Waals surface area (Å²) < 4.78 is 13.6. The number of hydrogen-bond donors (Lipinski definition) is 1. The second kappa shape index (κ2) is 4.56. The Balaban J connectivity index is 3.17. The lowest BCUT2D eigenvalue weighted by molar-refractivity contribution is 0.615. The molecule has 1 rings (SSSR count). The van der Waals surface area contributed by atoms with Crippen LogP contribution in [0.4, 0.5) is 4.39 Å². The van der Waals surface area contributed by atoms with Gasteiger partial charge < -0.3 is 5.32 Å². The second-order valence-corrected chi connectivity index (χ2v) is 2.86. The van der Waals surface area contributed by atoms with Crippen molar-refractivity contribution in [3.8, 4) is 0 Å². The summed E-state index contributed by atoms with van der Waals surface area (Å²) in [6.45, 7) is 5.23. The van der Waals surface area contributed by atoms with Crippen molar-refractivity contribution in [3.05, 3.63) is 47.9 Å². The largest absolute Gasteiger partial charge is 0.347 e. The Morgan fingerprint density at radius 1 is 1.57 bits per heavy atom. The molecule has 0 radical (unpaired) electrons. The molecule has 0 fully saturated rings. The van der Waals surface area contributed by atoms with E-state index < -0.39 is 0 Å². The van der Waals surface area contributed by atoms with Crippen molar-refractivity contribution in [1.82, 2.24) is 5.32 Å². The molecule has 0 unspecified atom stereocenters. The zero-order valence-corrected chi connectivity index (χ0v) is 8.34. The van der Waals surface area contributed by atoms with Gasteiger partial charge in [0.25, 0.3) is 0 Å². The fourth-order valence-electron chi connectivity index (χ4n) is 1.19. The SMILES string of the molecule is C=CNC(=NC)c1cccc(C)c1F. The van der Waals surface area contributed by atoms with Crippen LogP contribution in [0.15, 0.2) is 36.0 Å². The van der Waals surface area contributed by atoms with Crippen molar-refractivity contribution in [2.75, 3.05) is 7.05 Å². The van der Waals surface area contributed by atoms with Crippen LogP contribution in [0.5, 0.6) is 0 Å². The average molecular weight is 192 g/mol. The molecule has 1 N–H and O–H groups in total. The van der Waals surface area contributed by atoms with E-state index in [1.165, 1.54) is 6.20 Å². The van der Waals surface area contributed by atoms with Gasteiger partial charge in [0.15, 0.2) is 0 Å². The van der Waals surface area contributed by atoms with Gasteiger partial charge in [-0.25, -0.2) is 4.39 Å². The van der Waals surface area contributed by atoms with Crippen molar-refractivity contribution in [2.24, 2.45) is 4.99 Å². The molecule has 2 nitrogen and oxygen atoms in total. The first-order valence-corrected chi connectivity index (χ1v) is 4.30. The summed E-state index contributed by atoms with van der Waals surface area (Å²) >= 11 is 0. The molecule has 0 aliphatic rings. The van der Waals surface area contributed by atoms with Crippen LogP contribution in [0.1, 0.15) is 11.1 Å². The maximum atomic E-state index is 13.6. The maximum absolute atomic E-state index is 13.6. The number of nitrogens with one attached hydrogen (secondary N) is 1. The van der Waals surface area contributed by atoms with E-state index in [-0.39, 0.29) is 5.82 Å². The molecule has 0 spiro atoms. The second-order valence-electron chi connectivity index (χ2n) is 2.86. The summed E-state index contributed by atoms with van der Waals surface area (Å²) in [4.78, 5) is 3.94. The minimum absolute atomic E-state index is 0.248. The first kappa shape index (κ1) is 10.4. The van der Waals surface area contributed by atoms with Crippen molar-refractivity contribution in [3.63, 3.8) is 0 Å². The number of aliphatic imine (C=N–C) groups is 1. The molecule has 0 saturated carbocycles. The molecular weight excluding hydrogens is 179 g/mol. The highest BCUT2D eigenvalue weighted by atomic mass is 19.1. The van der Waals surface area contributed by atoms with Crippen LogP contribution in [0, 0.1) is 12.7 Å². The molecule has 0 aliphatic carbocycles. The van der Waals surface area contributed by atoms with E-state index in [0.717, 1.165) is 0 Å². The molecule has 0 aliphatic heterocycles. The first-order valence-electron chi connectivity index (χ1n) is 4.30. The van der Waals surface area contributed by atoms with Gasteiger partial charge in [-0.3, -0.25) is 4.99 Å². The zero-order chi connectivity index (χ0) is 10.6. The van der Waals surface area contributed by atoms with Gasteiger partial charge in [-0.2, -0.15) is 0 Å². The van der Waals surface area contributed by atoms with Crippen molar-refractivity contribution < 1.29 is 4.39 Å². The van der Waals surface area contributed by atoms with Gasteiger partial charge in [0.2, 0.25) is 0 Å². The quantitative estimate of drug-likeness (QED) is 0.564. The number of amidine groups is 1. The third kappa shape index (κ3) is 1.99. The van der Waals surface area contributed by atoms with E-state index in [2.05, 4.69) is 16.9 Å². The summed E-state index contributed by atoms with van der Waals surface area (Å²) in [5, 5.41) is 2.79. The van der Waals surface area contributed by atoms with Crippen LogP contribution in [-0.2, 0) is 0 Å². The first-order chi connectivity index (χ1) is 6.70. The Bertz CT molecular complexity index is 370. The molecule has 74 valence electrons. The Hall–Kier alpha value is -1.64. The number of aryl methyl sites for hydroxylation is 1. The molecule has 0 amide bonds. The highest BCUT2D eigenvalue weighted by Crippen LogP contribution is 2.11. The molecule has 3 heteroatoms. The van der Waals surface area contributed by atoms with Crippen LogP contribution in [0.25, 0.3) is 0 Å². The van der Waals surface area contributed by atoms with E-state index in [9.17, 15) is 4.39 Å². The third-order valence-corrected chi connectivity index (χ3v) is 1.91. The van der Waals surface area contributed by atoms with Crippen LogP contribution in [0.2, 0.25) is 0 Å². The molecule has 0 bridgehead atoms. The Morgan fingerprint density at radius 3 is 2.86 bits per heavy atom. The summed E-state index contributed by atoms with van der Waals surface area (Å²) in [6, 6.07) is 5.20. The van der Waals surface area contributed by atoms with Gasteiger partial charge in [-0.1, -0.05) is 18.7 Å². The fraction of sp³-hybridized carbons (Fsp3) is 0.182. The molecule has 0 aromatic heterocycles. The lowest BCUT2D eigenvalue weighted by Gasteiger charge is -2.07. The Labute approximate surface area is 83.2 Å². The smallest absolute Gasteiger partial charge is 0.137 e. The van der Waals surface area contributed by atoms with Crippen molar-refractivity contribution >= 4 is 5.84 Å². The topological polar surface area (TPSA) is 24.4 Å². The van der Waals surface area contributed by atoms with E-state index in [1.54, 1.807) is 32.2 Å². The third-order valence-electron chi connectivity index (χ3n) is 1.91. The highest BCUT2D eigenvalue weighted by molar-refractivity contribution is 5.99. The Morgan fingerprint density at radius 2 is 2.29 bits per heavy atom. The summed E-state index contributed by atoms with van der Waals surface area (Å²) in [7, 11) is 1.60. The number of hydrogen-bond acceptors (Lipinski definition) is 1. The summed E-state index contributed by atoms with van der Waals surface area (Å²) in [5.41, 5.74) is 1.07. The number of benzene rings is 1. The van der Waals surface area contributed by atoms with Crippen LogP contribution in [0.3, 0.4) is 0 Å². The van der Waals surface area contributed by atoms with E-state index in [1.807, 2.05) is 0 Å². The van der Waals surface area contributed by atoms with Gasteiger partial charge in [-0.05, 0) is 24.8 Å². The van der Waals surface area contributed by atoms with Gasteiger partial charge in [-0.15, -0.1) is 0 Å². The highest BCUT2D eigenvalue weighted by Gasteiger charge is 2.08. The van der Waals surface area contributed by atoms with Crippen LogP contribution in [-0.4, -0.2) is 12.9 Å². The normalized spacial score (nSPS) is 11.2. The summed E-state index contributed by atoms with van der Waals surface area (Å²) in [5.74, 6) is 0.239. The van der Waals surface area contributed by atoms with Crippen molar-refractivity contribution in [1.29, 1.82) is 0 Å². The molecule has 0 saturated heterocycles. The van der Waals surface area contributed by atoms with Gasteiger partial charge in [0.1, 0.15) is 11.7 Å². The molecule has 14 heavy (non-hydrogen) atoms. The maximum Gasteiger partial charge on any atom is 0.137 e. The van der Waals surface area contributed by atoms with Crippen molar-refractivity contribution in [2.45, 2.75) is 6.92 Å². The lowest BCUT2D eigenvalue weighted by Crippen LogP contribution is -2.19. The lowest BCUT2D eigenvalue weighted by atomic mass is 10.1. The minimum atomic E-state index is -0.248. The predicted octanol–water partition coefficient (Wildman–Crippen LogP) is 2.24. The van der Waals surface area contributed by atoms with Gasteiger partial charge >= 0.3 is 0 Å². The number of halogens is 1. The van der Waals surface area contributed by atoms with E-state index in [4.69, 9.17) is 0 Å². The fourth-order valence-corrected chi connectivity index (χ4v) is 1.19. The van der Waals surface area contributed by atoms with Gasteiger partial charge in [0.05, 0.1) is 5.56 Å². The van der Waals surface area contributed by atoms with E-state index >= 15 is 0 Å². The molecule has 1 aromatic carbocycles. The number of rotatable bonds is 2. The molecule has 0 atom stereocenters. The summed E-state index contributed by atoms with van der Waals surface area (Å²) in [6.07, 6.45) is 1.48. The zero-order valence-electron chi connectivity index (χ0n) is 8.34. The number of nitrogens with zero attached hydrogens (tertiary/aromatic N) is 1. The molecule has 1 aromatic rings. The minimum Gasteiger partial charge on any atom is -0.347 e. The van der Waals surface area contributed by atoms with Crippen LogP contribution >= 0.6 is 0 Å². The Kier molecular flexibility index (Phi) is 3.40. The molecule has 0 heterocycles. The monoisotopic (exact) mass is 192 g/mol.